The van der Waals surface area contributed by atoms with Gasteiger partial charge in [-0.05, 0) is 43.9 Å². The van der Waals surface area contributed by atoms with Crippen molar-refractivity contribution in [2.24, 2.45) is 0 Å². The maximum Gasteiger partial charge on any atom is 0.335 e. The molecule has 0 aromatic heterocycles. The molecule has 2 N–H and O–H groups in total. The van der Waals surface area contributed by atoms with Crippen molar-refractivity contribution in [3.05, 3.63) is 47.0 Å². The Bertz CT molecular complexity index is 495. The lowest BCUT2D eigenvalue weighted by Crippen LogP contribution is -2.03. The first-order chi connectivity index (χ1) is 9.93. The number of rotatable bonds is 6. The third-order valence-corrected chi connectivity index (χ3v) is 3.18. The van der Waals surface area contributed by atoms with Crippen LogP contribution in [-0.2, 0) is 0 Å². The summed E-state index contributed by atoms with van der Waals surface area (Å²) in [7, 11) is 0. The average molecular weight is 357 g/mol. The van der Waals surface area contributed by atoms with Gasteiger partial charge >= 0.3 is 11.9 Å². The third kappa shape index (κ3) is 8.30. The van der Waals surface area contributed by atoms with E-state index in [-0.39, 0.29) is 11.1 Å². The summed E-state index contributed by atoms with van der Waals surface area (Å²) in [6, 6.07) is 4.01. The molecule has 0 amide bonds. The molecule has 21 heavy (non-hydrogen) atoms. The Labute approximate surface area is 133 Å². The first-order valence-electron chi connectivity index (χ1n) is 6.72. The Balaban J connectivity index is 0.000000433. The minimum atomic E-state index is -1.12. The largest absolute Gasteiger partial charge is 0.478 e. The van der Waals surface area contributed by atoms with Crippen molar-refractivity contribution in [2.45, 2.75) is 33.1 Å². The SMILES string of the molecule is CCC=CCCCBr.Cc1ccc(C(=O)O)cc1C(=O)O. The van der Waals surface area contributed by atoms with E-state index in [2.05, 4.69) is 35.0 Å². The van der Waals surface area contributed by atoms with Crippen molar-refractivity contribution >= 4 is 27.9 Å². The summed E-state index contributed by atoms with van der Waals surface area (Å²) >= 11 is 3.37. The van der Waals surface area contributed by atoms with Crippen molar-refractivity contribution in [2.75, 3.05) is 5.33 Å². The molecular weight excluding hydrogens is 336 g/mol. The first-order valence-corrected chi connectivity index (χ1v) is 7.84. The van der Waals surface area contributed by atoms with Crippen LogP contribution in [0.1, 0.15) is 52.5 Å². The summed E-state index contributed by atoms with van der Waals surface area (Å²) in [6.45, 7) is 3.78. The van der Waals surface area contributed by atoms with Crippen LogP contribution in [0.3, 0.4) is 0 Å². The number of benzene rings is 1. The zero-order chi connectivity index (χ0) is 16.3. The highest BCUT2D eigenvalue weighted by Crippen LogP contribution is 2.11. The molecule has 1 aromatic carbocycles. The van der Waals surface area contributed by atoms with Crippen molar-refractivity contribution in [3.8, 4) is 0 Å². The molecule has 0 unspecified atom stereocenters. The van der Waals surface area contributed by atoms with E-state index in [1.807, 2.05) is 0 Å². The van der Waals surface area contributed by atoms with Crippen LogP contribution in [-0.4, -0.2) is 27.5 Å². The number of hydrogen-bond acceptors (Lipinski definition) is 2. The van der Waals surface area contributed by atoms with E-state index < -0.39 is 11.9 Å². The Morgan fingerprint density at radius 3 is 2.33 bits per heavy atom. The van der Waals surface area contributed by atoms with Gasteiger partial charge in [-0.25, -0.2) is 9.59 Å². The van der Waals surface area contributed by atoms with Gasteiger partial charge < -0.3 is 10.2 Å². The maximum absolute atomic E-state index is 10.6. The monoisotopic (exact) mass is 356 g/mol. The number of unbranched alkanes of at least 4 members (excludes halogenated alkanes) is 1. The van der Waals surface area contributed by atoms with Gasteiger partial charge in [0.05, 0.1) is 11.1 Å². The summed E-state index contributed by atoms with van der Waals surface area (Å²) < 4.78 is 0. The van der Waals surface area contributed by atoms with E-state index in [0.29, 0.717) is 5.56 Å². The molecule has 1 aromatic rings. The van der Waals surface area contributed by atoms with Gasteiger partial charge in [0.15, 0.2) is 0 Å². The Morgan fingerprint density at radius 1 is 1.19 bits per heavy atom. The fraction of sp³-hybridized carbons (Fsp3) is 0.375. The van der Waals surface area contributed by atoms with E-state index >= 15 is 0 Å². The predicted octanol–water partition coefficient (Wildman–Crippen LogP) is 4.52. The Hall–Kier alpha value is -1.62. The van der Waals surface area contributed by atoms with Crippen LogP contribution in [0.5, 0.6) is 0 Å². The topological polar surface area (TPSA) is 74.6 Å². The van der Waals surface area contributed by atoms with E-state index in [9.17, 15) is 9.59 Å². The highest BCUT2D eigenvalue weighted by atomic mass is 79.9. The summed E-state index contributed by atoms with van der Waals surface area (Å²) in [4.78, 5) is 21.1. The molecule has 0 aliphatic heterocycles. The second kappa shape index (κ2) is 11.1. The molecule has 0 saturated carbocycles. The molecule has 0 aliphatic carbocycles. The molecule has 0 radical (unpaired) electrons. The smallest absolute Gasteiger partial charge is 0.335 e. The van der Waals surface area contributed by atoms with Gasteiger partial charge in [0.25, 0.3) is 0 Å². The van der Waals surface area contributed by atoms with E-state index in [1.165, 1.54) is 31.4 Å². The summed E-state index contributed by atoms with van der Waals surface area (Å²) in [5, 5.41) is 18.4. The minimum absolute atomic E-state index is 0.0111. The highest BCUT2D eigenvalue weighted by Gasteiger charge is 2.10. The van der Waals surface area contributed by atoms with Gasteiger partial charge in [-0.2, -0.15) is 0 Å². The van der Waals surface area contributed by atoms with Gasteiger partial charge in [-0.15, -0.1) is 0 Å². The van der Waals surface area contributed by atoms with Crippen molar-refractivity contribution in [3.63, 3.8) is 0 Å². The summed E-state index contributed by atoms with van der Waals surface area (Å²) in [5.74, 6) is -2.23. The van der Waals surface area contributed by atoms with E-state index in [4.69, 9.17) is 10.2 Å². The van der Waals surface area contributed by atoms with Gasteiger partial charge in [0.2, 0.25) is 0 Å². The molecule has 0 bridgehead atoms. The molecule has 4 nitrogen and oxygen atoms in total. The number of aromatic carboxylic acids is 2. The molecule has 0 heterocycles. The second-order valence-corrected chi connectivity index (χ2v) is 5.14. The van der Waals surface area contributed by atoms with Crippen LogP contribution in [0.25, 0.3) is 0 Å². The lowest BCUT2D eigenvalue weighted by molar-refractivity contribution is 0.0695. The van der Waals surface area contributed by atoms with Crippen LogP contribution in [0.2, 0.25) is 0 Å². The fourth-order valence-electron chi connectivity index (χ4n) is 1.46. The maximum atomic E-state index is 10.6. The third-order valence-electron chi connectivity index (χ3n) is 2.62. The number of halogens is 1. The lowest BCUT2D eigenvalue weighted by Gasteiger charge is -2.01. The van der Waals surface area contributed by atoms with Crippen LogP contribution in [0.4, 0.5) is 0 Å². The number of aryl methyl sites for hydroxylation is 1. The highest BCUT2D eigenvalue weighted by molar-refractivity contribution is 9.09. The van der Waals surface area contributed by atoms with Crippen molar-refractivity contribution in [1.82, 2.24) is 0 Å². The number of carbonyl (C=O) groups is 2. The predicted molar refractivity (Wildman–Crippen MR) is 87.6 cm³/mol. The summed E-state index contributed by atoms with van der Waals surface area (Å²) in [5.41, 5.74) is 0.570. The molecule has 0 saturated heterocycles. The zero-order valence-electron chi connectivity index (χ0n) is 12.3. The average Bonchev–Trinajstić information content (AvgIpc) is 2.44. The van der Waals surface area contributed by atoms with Gasteiger partial charge in [0.1, 0.15) is 0 Å². The number of carboxylic acid groups (broad SMARTS) is 2. The minimum Gasteiger partial charge on any atom is -0.478 e. The zero-order valence-corrected chi connectivity index (χ0v) is 13.9. The van der Waals surface area contributed by atoms with Gasteiger partial charge in [-0.3, -0.25) is 0 Å². The molecule has 0 fully saturated rings. The Kier molecular flexibility index (Phi) is 10.2. The quantitative estimate of drug-likeness (QED) is 0.446. The molecule has 1 rings (SSSR count). The van der Waals surface area contributed by atoms with Crippen LogP contribution >= 0.6 is 15.9 Å². The Morgan fingerprint density at radius 2 is 1.86 bits per heavy atom. The van der Waals surface area contributed by atoms with E-state index in [1.54, 1.807) is 6.92 Å². The molecule has 5 heteroatoms. The molecule has 0 atom stereocenters. The van der Waals surface area contributed by atoms with E-state index in [0.717, 1.165) is 11.4 Å². The lowest BCUT2D eigenvalue weighted by atomic mass is 10.1. The van der Waals surface area contributed by atoms with Gasteiger partial charge in [0, 0.05) is 5.33 Å². The molecular formula is C16H21BrO4. The molecule has 116 valence electrons. The molecule has 0 aliphatic rings. The van der Waals surface area contributed by atoms with Crippen molar-refractivity contribution < 1.29 is 19.8 Å². The summed E-state index contributed by atoms with van der Waals surface area (Å²) in [6.07, 6.45) is 8.10. The molecule has 0 spiro atoms. The second-order valence-electron chi connectivity index (χ2n) is 4.35. The fourth-order valence-corrected chi connectivity index (χ4v) is 1.79. The van der Waals surface area contributed by atoms with Crippen molar-refractivity contribution in [1.29, 1.82) is 0 Å². The number of carboxylic acids is 2. The number of allylic oxidation sites excluding steroid dienone is 2. The van der Waals surface area contributed by atoms with Crippen LogP contribution in [0.15, 0.2) is 30.4 Å². The number of hydrogen-bond donors (Lipinski definition) is 2. The number of alkyl halides is 1. The normalized spacial score (nSPS) is 10.0. The van der Waals surface area contributed by atoms with Gasteiger partial charge in [-0.1, -0.05) is 41.1 Å². The van der Waals surface area contributed by atoms with Crippen LogP contribution in [0, 0.1) is 6.92 Å². The standard InChI is InChI=1S/C9H8O4.C7H13Br/c1-5-2-3-6(8(10)11)4-7(5)9(12)13;1-2-3-4-5-6-7-8/h2-4H,1H3,(H,10,11)(H,12,13);3-4H,2,5-7H2,1H3. The van der Waals surface area contributed by atoms with Crippen LogP contribution < -0.4 is 0 Å². The first kappa shape index (κ1) is 19.4.